The highest BCUT2D eigenvalue weighted by Gasteiger charge is 2.21. The van der Waals surface area contributed by atoms with Crippen LogP contribution in [0.15, 0.2) is 0 Å². The Bertz CT molecular complexity index is 379. The Hall–Kier alpha value is -0.210. The molecule has 0 bridgehead atoms. The SMILES string of the molecule is CCCc1nn(C2CCCCCC2)c(Cl)c1CCl. The molecule has 0 radical (unpaired) electrons. The molecular formula is C14H22Cl2N2. The van der Waals surface area contributed by atoms with Crippen LogP contribution in [0.5, 0.6) is 0 Å². The minimum Gasteiger partial charge on any atom is -0.250 e. The lowest BCUT2D eigenvalue weighted by molar-refractivity contribution is 0.403. The lowest BCUT2D eigenvalue weighted by Gasteiger charge is -2.15. The topological polar surface area (TPSA) is 17.8 Å². The first kappa shape index (κ1) is 14.2. The van der Waals surface area contributed by atoms with Crippen molar-refractivity contribution in [2.45, 2.75) is 70.2 Å². The monoisotopic (exact) mass is 288 g/mol. The minimum atomic E-state index is 0.473. The van der Waals surface area contributed by atoms with E-state index in [1.807, 2.05) is 0 Å². The summed E-state index contributed by atoms with van der Waals surface area (Å²) in [5, 5.41) is 5.51. The third-order valence-corrected chi connectivity index (χ3v) is 4.49. The van der Waals surface area contributed by atoms with Gasteiger partial charge in [0.1, 0.15) is 5.15 Å². The fraction of sp³-hybridized carbons (Fsp3) is 0.786. The Morgan fingerprint density at radius 1 is 1.22 bits per heavy atom. The molecule has 4 heteroatoms. The molecule has 2 nitrogen and oxygen atoms in total. The zero-order chi connectivity index (χ0) is 13.0. The van der Waals surface area contributed by atoms with E-state index in [-0.39, 0.29) is 0 Å². The van der Waals surface area contributed by atoms with E-state index in [0.717, 1.165) is 29.3 Å². The molecule has 0 amide bonds. The van der Waals surface area contributed by atoms with Crippen molar-refractivity contribution in [2.75, 3.05) is 0 Å². The number of aromatic nitrogens is 2. The van der Waals surface area contributed by atoms with Crippen LogP contribution in [0.4, 0.5) is 0 Å². The highest BCUT2D eigenvalue weighted by atomic mass is 35.5. The maximum absolute atomic E-state index is 6.47. The molecule has 1 aromatic heterocycles. The molecule has 1 fully saturated rings. The zero-order valence-electron chi connectivity index (χ0n) is 11.1. The summed E-state index contributed by atoms with van der Waals surface area (Å²) < 4.78 is 2.05. The van der Waals surface area contributed by atoms with E-state index in [2.05, 4.69) is 11.6 Å². The number of rotatable bonds is 4. The van der Waals surface area contributed by atoms with E-state index in [1.165, 1.54) is 38.5 Å². The smallest absolute Gasteiger partial charge is 0.132 e. The summed E-state index contributed by atoms with van der Waals surface area (Å²) >= 11 is 12.5. The number of aryl methyl sites for hydroxylation is 1. The van der Waals surface area contributed by atoms with Gasteiger partial charge < -0.3 is 0 Å². The van der Waals surface area contributed by atoms with Crippen molar-refractivity contribution < 1.29 is 0 Å². The van der Waals surface area contributed by atoms with Crippen molar-refractivity contribution in [3.63, 3.8) is 0 Å². The lowest BCUT2D eigenvalue weighted by Crippen LogP contribution is -2.10. The standard InChI is InChI=1S/C14H22Cl2N2/c1-2-7-13-12(10-15)14(16)18(17-13)11-8-5-3-4-6-9-11/h11H,2-10H2,1H3. The Kier molecular flexibility index (Phi) is 5.38. The highest BCUT2D eigenvalue weighted by molar-refractivity contribution is 6.31. The van der Waals surface area contributed by atoms with Crippen LogP contribution in [0.1, 0.15) is 69.2 Å². The fourth-order valence-corrected chi connectivity index (χ4v) is 3.51. The lowest BCUT2D eigenvalue weighted by atomic mass is 10.1. The van der Waals surface area contributed by atoms with Crippen molar-refractivity contribution in [2.24, 2.45) is 0 Å². The quantitative estimate of drug-likeness (QED) is 0.555. The van der Waals surface area contributed by atoms with E-state index in [0.29, 0.717) is 11.9 Å². The molecule has 1 aromatic rings. The van der Waals surface area contributed by atoms with E-state index >= 15 is 0 Å². The second-order valence-electron chi connectivity index (χ2n) is 5.19. The Morgan fingerprint density at radius 2 is 1.89 bits per heavy atom. The molecule has 0 unspecified atom stereocenters. The van der Waals surface area contributed by atoms with Gasteiger partial charge in [-0.1, -0.05) is 50.6 Å². The van der Waals surface area contributed by atoms with Crippen LogP contribution >= 0.6 is 23.2 Å². The first-order valence-corrected chi connectivity index (χ1v) is 8.00. The van der Waals surface area contributed by atoms with Crippen molar-refractivity contribution >= 4 is 23.2 Å². The van der Waals surface area contributed by atoms with Gasteiger partial charge in [0, 0.05) is 5.56 Å². The summed E-state index contributed by atoms with van der Waals surface area (Å²) in [6.07, 6.45) is 9.74. The average molecular weight is 289 g/mol. The van der Waals surface area contributed by atoms with Gasteiger partial charge in [-0.15, -0.1) is 11.6 Å². The van der Waals surface area contributed by atoms with E-state index < -0.39 is 0 Å². The predicted molar refractivity (Wildman–Crippen MR) is 77.5 cm³/mol. The van der Waals surface area contributed by atoms with Crippen molar-refractivity contribution in [1.29, 1.82) is 0 Å². The number of hydrogen-bond acceptors (Lipinski definition) is 1. The van der Waals surface area contributed by atoms with Crippen LogP contribution in [0.25, 0.3) is 0 Å². The van der Waals surface area contributed by atoms with Crippen LogP contribution in [-0.2, 0) is 12.3 Å². The third-order valence-electron chi connectivity index (χ3n) is 3.82. The van der Waals surface area contributed by atoms with Crippen LogP contribution in [0, 0.1) is 0 Å². The zero-order valence-corrected chi connectivity index (χ0v) is 12.6. The molecule has 1 aliphatic rings. The molecule has 1 saturated carbocycles. The van der Waals surface area contributed by atoms with Gasteiger partial charge in [-0.05, 0) is 19.3 Å². The second-order valence-corrected chi connectivity index (χ2v) is 5.81. The van der Waals surface area contributed by atoms with Gasteiger partial charge in [0.2, 0.25) is 0 Å². The maximum Gasteiger partial charge on any atom is 0.132 e. The molecule has 1 heterocycles. The van der Waals surface area contributed by atoms with Crippen LogP contribution < -0.4 is 0 Å². The first-order chi connectivity index (χ1) is 8.77. The molecule has 0 aromatic carbocycles. The van der Waals surface area contributed by atoms with Crippen LogP contribution in [0.3, 0.4) is 0 Å². The largest absolute Gasteiger partial charge is 0.250 e. The van der Waals surface area contributed by atoms with Gasteiger partial charge in [-0.25, -0.2) is 0 Å². The van der Waals surface area contributed by atoms with Crippen molar-refractivity contribution in [3.8, 4) is 0 Å². The minimum absolute atomic E-state index is 0.473. The van der Waals surface area contributed by atoms with E-state index in [4.69, 9.17) is 28.3 Å². The van der Waals surface area contributed by atoms with E-state index in [1.54, 1.807) is 0 Å². The summed E-state index contributed by atoms with van der Waals surface area (Å²) in [5.74, 6) is 0.473. The number of hydrogen-bond donors (Lipinski definition) is 0. The number of nitrogens with zero attached hydrogens (tertiary/aromatic N) is 2. The molecule has 0 aliphatic heterocycles. The Labute approximate surface area is 120 Å². The molecular weight excluding hydrogens is 267 g/mol. The number of halogens is 2. The molecule has 1 aliphatic carbocycles. The summed E-state index contributed by atoms with van der Waals surface area (Å²) in [7, 11) is 0. The van der Waals surface area contributed by atoms with E-state index in [9.17, 15) is 0 Å². The predicted octanol–water partition coefficient (Wildman–Crippen LogP) is 5.12. The van der Waals surface area contributed by atoms with Gasteiger partial charge in [0.05, 0.1) is 17.6 Å². The Morgan fingerprint density at radius 3 is 2.44 bits per heavy atom. The summed E-state index contributed by atoms with van der Waals surface area (Å²) in [6, 6.07) is 0.479. The molecule has 2 rings (SSSR count). The van der Waals surface area contributed by atoms with Crippen LogP contribution in [0.2, 0.25) is 5.15 Å². The average Bonchev–Trinajstić information content (AvgIpc) is 2.58. The van der Waals surface area contributed by atoms with Gasteiger partial charge in [-0.2, -0.15) is 5.10 Å². The highest BCUT2D eigenvalue weighted by Crippen LogP contribution is 2.32. The number of alkyl halides is 1. The summed E-state index contributed by atoms with van der Waals surface area (Å²) in [6.45, 7) is 2.16. The fourth-order valence-electron chi connectivity index (χ4n) is 2.81. The first-order valence-electron chi connectivity index (χ1n) is 7.09. The Balaban J connectivity index is 2.25. The molecule has 102 valence electrons. The molecule has 18 heavy (non-hydrogen) atoms. The van der Waals surface area contributed by atoms with Gasteiger partial charge in [0.15, 0.2) is 0 Å². The van der Waals surface area contributed by atoms with Crippen molar-refractivity contribution in [1.82, 2.24) is 9.78 Å². The summed E-state index contributed by atoms with van der Waals surface area (Å²) in [4.78, 5) is 0. The normalized spacial score (nSPS) is 17.9. The maximum atomic E-state index is 6.47. The van der Waals surface area contributed by atoms with Gasteiger partial charge >= 0.3 is 0 Å². The molecule has 0 spiro atoms. The molecule has 0 atom stereocenters. The van der Waals surface area contributed by atoms with Crippen LogP contribution in [-0.4, -0.2) is 9.78 Å². The second kappa shape index (κ2) is 6.81. The van der Waals surface area contributed by atoms with Gasteiger partial charge in [0.25, 0.3) is 0 Å². The van der Waals surface area contributed by atoms with Gasteiger partial charge in [-0.3, -0.25) is 4.68 Å². The third kappa shape index (κ3) is 3.03. The van der Waals surface area contributed by atoms with Crippen molar-refractivity contribution in [3.05, 3.63) is 16.4 Å². The molecule has 0 N–H and O–H groups in total. The summed E-state index contributed by atoms with van der Waals surface area (Å²) in [5.41, 5.74) is 2.14. The molecule has 0 saturated heterocycles.